The molecular formula is C14H22N4O. The molecule has 19 heavy (non-hydrogen) atoms. The SMILES string of the molecule is Cc1cccc(NC(=O)N(CCC(=N)N)C(C)C)c1. The molecule has 0 aliphatic heterocycles. The number of aryl methyl sites for hydroxylation is 1. The van der Waals surface area contributed by atoms with E-state index in [9.17, 15) is 4.79 Å². The number of anilines is 1. The number of carbonyl (C=O) groups excluding carboxylic acids is 1. The molecule has 0 aliphatic carbocycles. The highest BCUT2D eigenvalue weighted by Crippen LogP contribution is 2.11. The average Bonchev–Trinajstić information content (AvgIpc) is 2.28. The number of amidine groups is 1. The number of nitrogens with one attached hydrogen (secondary N) is 2. The number of urea groups is 1. The minimum absolute atomic E-state index is 0.0594. The van der Waals surface area contributed by atoms with Gasteiger partial charge in [0.1, 0.15) is 0 Å². The standard InChI is InChI=1S/C14H22N4O/c1-10(2)18(8-7-13(15)16)14(19)17-12-6-4-5-11(3)9-12/h4-6,9-10H,7-8H2,1-3H3,(H3,15,16)(H,17,19). The molecule has 0 heterocycles. The Balaban J connectivity index is 2.69. The van der Waals surface area contributed by atoms with Crippen LogP contribution < -0.4 is 11.1 Å². The Morgan fingerprint density at radius 1 is 1.47 bits per heavy atom. The van der Waals surface area contributed by atoms with E-state index >= 15 is 0 Å². The summed E-state index contributed by atoms with van der Waals surface area (Å²) >= 11 is 0. The first-order valence-electron chi connectivity index (χ1n) is 6.37. The van der Waals surface area contributed by atoms with Crippen molar-refractivity contribution in [2.75, 3.05) is 11.9 Å². The molecular weight excluding hydrogens is 240 g/mol. The third kappa shape index (κ3) is 4.99. The van der Waals surface area contributed by atoms with Gasteiger partial charge in [-0.25, -0.2) is 4.79 Å². The molecule has 0 atom stereocenters. The average molecular weight is 262 g/mol. The predicted octanol–water partition coefficient (Wildman–Crippen LogP) is 2.56. The Bertz CT molecular complexity index is 457. The van der Waals surface area contributed by atoms with Crippen LogP contribution in [0, 0.1) is 12.3 Å². The van der Waals surface area contributed by atoms with E-state index in [0.717, 1.165) is 11.3 Å². The van der Waals surface area contributed by atoms with Gasteiger partial charge in [-0.05, 0) is 38.5 Å². The minimum atomic E-state index is -0.165. The quantitative estimate of drug-likeness (QED) is 0.563. The molecule has 2 amide bonds. The highest BCUT2D eigenvalue weighted by molar-refractivity contribution is 5.90. The van der Waals surface area contributed by atoms with E-state index < -0.39 is 0 Å². The van der Waals surface area contributed by atoms with E-state index in [0.29, 0.717) is 13.0 Å². The van der Waals surface area contributed by atoms with Crippen LogP contribution >= 0.6 is 0 Å². The van der Waals surface area contributed by atoms with Gasteiger partial charge in [-0.2, -0.15) is 0 Å². The minimum Gasteiger partial charge on any atom is -0.388 e. The van der Waals surface area contributed by atoms with E-state index in [-0.39, 0.29) is 17.9 Å². The fraction of sp³-hybridized carbons (Fsp3) is 0.429. The second-order valence-electron chi connectivity index (χ2n) is 4.86. The molecule has 4 N–H and O–H groups in total. The van der Waals surface area contributed by atoms with Crippen molar-refractivity contribution in [1.29, 1.82) is 5.41 Å². The molecule has 1 aromatic carbocycles. The van der Waals surface area contributed by atoms with Crippen molar-refractivity contribution >= 4 is 17.6 Å². The molecule has 5 nitrogen and oxygen atoms in total. The van der Waals surface area contributed by atoms with Gasteiger partial charge in [-0.1, -0.05) is 12.1 Å². The van der Waals surface area contributed by atoms with E-state index in [2.05, 4.69) is 5.32 Å². The monoisotopic (exact) mass is 262 g/mol. The van der Waals surface area contributed by atoms with Crippen LogP contribution in [0.4, 0.5) is 10.5 Å². The first-order valence-corrected chi connectivity index (χ1v) is 6.37. The maximum absolute atomic E-state index is 12.2. The molecule has 0 fully saturated rings. The zero-order valence-corrected chi connectivity index (χ0v) is 11.7. The van der Waals surface area contributed by atoms with Crippen molar-refractivity contribution in [2.24, 2.45) is 5.73 Å². The molecule has 1 aromatic rings. The molecule has 5 heteroatoms. The zero-order valence-electron chi connectivity index (χ0n) is 11.7. The van der Waals surface area contributed by atoms with Crippen molar-refractivity contribution in [3.63, 3.8) is 0 Å². The van der Waals surface area contributed by atoms with Crippen molar-refractivity contribution in [1.82, 2.24) is 4.90 Å². The number of amides is 2. The molecule has 0 bridgehead atoms. The van der Waals surface area contributed by atoms with Crippen LogP contribution in [0.3, 0.4) is 0 Å². The Kier molecular flexibility index (Phi) is 5.36. The molecule has 104 valence electrons. The summed E-state index contributed by atoms with van der Waals surface area (Å²) in [5, 5.41) is 10.1. The molecule has 0 aromatic heterocycles. The first kappa shape index (κ1) is 15.0. The Hall–Kier alpha value is -2.04. The molecule has 1 rings (SSSR count). The van der Waals surface area contributed by atoms with Gasteiger partial charge in [-0.3, -0.25) is 5.41 Å². The maximum atomic E-state index is 12.2. The van der Waals surface area contributed by atoms with Crippen LogP contribution in [0.15, 0.2) is 24.3 Å². The Morgan fingerprint density at radius 3 is 2.68 bits per heavy atom. The van der Waals surface area contributed by atoms with E-state index in [1.807, 2.05) is 45.0 Å². The topological polar surface area (TPSA) is 82.2 Å². The van der Waals surface area contributed by atoms with E-state index in [4.69, 9.17) is 11.1 Å². The third-order valence-electron chi connectivity index (χ3n) is 2.78. The smallest absolute Gasteiger partial charge is 0.322 e. The number of benzene rings is 1. The van der Waals surface area contributed by atoms with Crippen LogP contribution in [0.5, 0.6) is 0 Å². The van der Waals surface area contributed by atoms with Crippen molar-refractivity contribution in [3.8, 4) is 0 Å². The van der Waals surface area contributed by atoms with Gasteiger partial charge in [0.05, 0.1) is 5.84 Å². The fourth-order valence-corrected chi connectivity index (χ4v) is 1.75. The van der Waals surface area contributed by atoms with Crippen LogP contribution in [-0.4, -0.2) is 29.4 Å². The summed E-state index contributed by atoms with van der Waals surface area (Å²) in [4.78, 5) is 13.9. The van der Waals surface area contributed by atoms with E-state index in [1.165, 1.54) is 0 Å². The summed E-state index contributed by atoms with van der Waals surface area (Å²) in [6, 6.07) is 7.55. The molecule has 0 spiro atoms. The molecule has 0 unspecified atom stereocenters. The second-order valence-corrected chi connectivity index (χ2v) is 4.86. The van der Waals surface area contributed by atoms with Crippen LogP contribution in [0.1, 0.15) is 25.8 Å². The van der Waals surface area contributed by atoms with Crippen LogP contribution in [0.25, 0.3) is 0 Å². The summed E-state index contributed by atoms with van der Waals surface area (Å²) in [6.45, 7) is 6.31. The van der Waals surface area contributed by atoms with Crippen molar-refractivity contribution in [3.05, 3.63) is 29.8 Å². The maximum Gasteiger partial charge on any atom is 0.322 e. The number of hydrogen-bond donors (Lipinski definition) is 3. The van der Waals surface area contributed by atoms with Crippen LogP contribution in [0.2, 0.25) is 0 Å². The van der Waals surface area contributed by atoms with Gasteiger partial charge in [0.2, 0.25) is 0 Å². The Morgan fingerprint density at radius 2 is 2.16 bits per heavy atom. The van der Waals surface area contributed by atoms with Crippen LogP contribution in [-0.2, 0) is 0 Å². The van der Waals surface area contributed by atoms with Gasteiger partial charge in [0.15, 0.2) is 0 Å². The number of carbonyl (C=O) groups is 1. The molecule has 0 radical (unpaired) electrons. The highest BCUT2D eigenvalue weighted by atomic mass is 16.2. The van der Waals surface area contributed by atoms with Gasteiger partial charge in [0.25, 0.3) is 0 Å². The Labute approximate surface area is 114 Å². The summed E-state index contributed by atoms with van der Waals surface area (Å²) in [6.07, 6.45) is 0.388. The number of rotatable bonds is 5. The number of nitrogens with zero attached hydrogens (tertiary/aromatic N) is 1. The largest absolute Gasteiger partial charge is 0.388 e. The molecule has 0 aliphatic rings. The lowest BCUT2D eigenvalue weighted by Crippen LogP contribution is -2.41. The summed E-state index contributed by atoms with van der Waals surface area (Å²) in [5.41, 5.74) is 7.21. The predicted molar refractivity (Wildman–Crippen MR) is 78.6 cm³/mol. The molecule has 0 saturated carbocycles. The molecule has 0 saturated heterocycles. The second kappa shape index (κ2) is 6.78. The lowest BCUT2D eigenvalue weighted by molar-refractivity contribution is 0.199. The van der Waals surface area contributed by atoms with Gasteiger partial charge in [0, 0.05) is 24.7 Å². The summed E-state index contributed by atoms with van der Waals surface area (Å²) in [7, 11) is 0. The van der Waals surface area contributed by atoms with E-state index in [1.54, 1.807) is 4.90 Å². The highest BCUT2D eigenvalue weighted by Gasteiger charge is 2.16. The number of hydrogen-bond acceptors (Lipinski definition) is 2. The zero-order chi connectivity index (χ0) is 14.4. The van der Waals surface area contributed by atoms with Crippen molar-refractivity contribution < 1.29 is 4.79 Å². The van der Waals surface area contributed by atoms with Gasteiger partial charge in [-0.15, -0.1) is 0 Å². The number of nitrogens with two attached hydrogens (primary N) is 1. The summed E-state index contributed by atoms with van der Waals surface area (Å²) < 4.78 is 0. The third-order valence-corrected chi connectivity index (χ3v) is 2.78. The van der Waals surface area contributed by atoms with Gasteiger partial charge >= 0.3 is 6.03 Å². The van der Waals surface area contributed by atoms with Crippen molar-refractivity contribution in [2.45, 2.75) is 33.2 Å². The summed E-state index contributed by atoms with van der Waals surface area (Å²) in [5.74, 6) is 0.0917. The fourth-order valence-electron chi connectivity index (χ4n) is 1.75. The van der Waals surface area contributed by atoms with Gasteiger partial charge < -0.3 is 16.0 Å². The normalized spacial score (nSPS) is 10.3. The lowest BCUT2D eigenvalue weighted by Gasteiger charge is -2.26. The first-order chi connectivity index (χ1) is 8.90. The lowest BCUT2D eigenvalue weighted by atomic mass is 10.2.